The summed E-state index contributed by atoms with van der Waals surface area (Å²) in [5, 5.41) is 5.18. The Morgan fingerprint density at radius 3 is 2.81 bits per heavy atom. The lowest BCUT2D eigenvalue weighted by Crippen LogP contribution is -2.17. The SMILES string of the molecule is COc1nc(N(C)C)sc1CN[C@H](C)c1cccc(Cl)c1. The maximum absolute atomic E-state index is 6.03. The highest BCUT2D eigenvalue weighted by molar-refractivity contribution is 7.15. The Morgan fingerprint density at radius 2 is 2.19 bits per heavy atom. The molecule has 0 fully saturated rings. The number of anilines is 1. The molecule has 0 bridgehead atoms. The molecule has 114 valence electrons. The van der Waals surface area contributed by atoms with Gasteiger partial charge in [0.2, 0.25) is 5.88 Å². The van der Waals surface area contributed by atoms with Gasteiger partial charge in [-0.2, -0.15) is 4.98 Å². The van der Waals surface area contributed by atoms with E-state index in [1.807, 2.05) is 37.2 Å². The molecule has 0 spiro atoms. The number of rotatable bonds is 6. The van der Waals surface area contributed by atoms with Crippen molar-refractivity contribution in [1.82, 2.24) is 10.3 Å². The van der Waals surface area contributed by atoms with Crippen molar-refractivity contribution in [2.45, 2.75) is 19.5 Å². The predicted octanol–water partition coefficient (Wildman–Crippen LogP) is 3.72. The molecule has 21 heavy (non-hydrogen) atoms. The molecular formula is C15H20ClN3OS. The molecule has 4 nitrogen and oxygen atoms in total. The number of nitrogens with one attached hydrogen (secondary N) is 1. The highest BCUT2D eigenvalue weighted by Gasteiger charge is 2.14. The van der Waals surface area contributed by atoms with Crippen LogP contribution in [-0.4, -0.2) is 26.2 Å². The number of hydrogen-bond acceptors (Lipinski definition) is 5. The van der Waals surface area contributed by atoms with E-state index >= 15 is 0 Å². The Labute approximate surface area is 134 Å². The quantitative estimate of drug-likeness (QED) is 0.878. The fourth-order valence-electron chi connectivity index (χ4n) is 1.93. The van der Waals surface area contributed by atoms with E-state index < -0.39 is 0 Å². The van der Waals surface area contributed by atoms with Crippen molar-refractivity contribution in [3.05, 3.63) is 39.7 Å². The minimum atomic E-state index is 0.207. The number of benzene rings is 1. The van der Waals surface area contributed by atoms with Crippen LogP contribution in [0.5, 0.6) is 5.88 Å². The summed E-state index contributed by atoms with van der Waals surface area (Å²) in [6, 6.07) is 8.10. The molecule has 2 rings (SSSR count). The minimum absolute atomic E-state index is 0.207. The van der Waals surface area contributed by atoms with Crippen molar-refractivity contribution in [3.8, 4) is 5.88 Å². The van der Waals surface area contributed by atoms with Crippen molar-refractivity contribution in [2.75, 3.05) is 26.1 Å². The van der Waals surface area contributed by atoms with Crippen LogP contribution in [0.1, 0.15) is 23.4 Å². The molecule has 0 aliphatic rings. The topological polar surface area (TPSA) is 37.4 Å². The van der Waals surface area contributed by atoms with E-state index in [0.29, 0.717) is 12.4 Å². The molecule has 0 radical (unpaired) electrons. The van der Waals surface area contributed by atoms with Gasteiger partial charge < -0.3 is 15.0 Å². The van der Waals surface area contributed by atoms with E-state index in [2.05, 4.69) is 23.3 Å². The fourth-order valence-corrected chi connectivity index (χ4v) is 3.03. The van der Waals surface area contributed by atoms with E-state index in [9.17, 15) is 0 Å². The molecule has 1 aromatic carbocycles. The number of hydrogen-bond donors (Lipinski definition) is 1. The van der Waals surface area contributed by atoms with Gasteiger partial charge in [-0.15, -0.1) is 0 Å². The fraction of sp³-hybridized carbons (Fsp3) is 0.400. The van der Waals surface area contributed by atoms with Gasteiger partial charge in [-0.3, -0.25) is 0 Å². The number of ether oxygens (including phenoxy) is 1. The third kappa shape index (κ3) is 4.09. The molecule has 1 atom stereocenters. The summed E-state index contributed by atoms with van der Waals surface area (Å²) in [7, 11) is 5.60. The largest absolute Gasteiger partial charge is 0.480 e. The molecule has 0 aliphatic heterocycles. The molecule has 0 amide bonds. The van der Waals surface area contributed by atoms with Crippen molar-refractivity contribution < 1.29 is 4.74 Å². The summed E-state index contributed by atoms with van der Waals surface area (Å²) in [4.78, 5) is 7.53. The number of halogens is 1. The van der Waals surface area contributed by atoms with Crippen molar-refractivity contribution in [1.29, 1.82) is 0 Å². The molecule has 0 saturated carbocycles. The third-order valence-corrected chi connectivity index (χ3v) is 4.58. The Bertz CT molecular complexity index is 600. The van der Waals surface area contributed by atoms with Gasteiger partial charge in [-0.05, 0) is 24.6 Å². The van der Waals surface area contributed by atoms with Crippen LogP contribution in [0.3, 0.4) is 0 Å². The zero-order valence-corrected chi connectivity index (χ0v) is 14.3. The average molecular weight is 326 g/mol. The van der Waals surface area contributed by atoms with E-state index in [-0.39, 0.29) is 6.04 Å². The molecule has 0 saturated heterocycles. The minimum Gasteiger partial charge on any atom is -0.480 e. The van der Waals surface area contributed by atoms with Crippen LogP contribution in [0.2, 0.25) is 5.02 Å². The van der Waals surface area contributed by atoms with Crippen LogP contribution < -0.4 is 15.0 Å². The predicted molar refractivity (Wildman–Crippen MR) is 89.7 cm³/mol. The lowest BCUT2D eigenvalue weighted by Gasteiger charge is -2.14. The normalized spacial score (nSPS) is 12.2. The zero-order chi connectivity index (χ0) is 15.4. The van der Waals surface area contributed by atoms with E-state index in [1.165, 1.54) is 5.56 Å². The highest BCUT2D eigenvalue weighted by atomic mass is 35.5. The Hall–Kier alpha value is -1.30. The lowest BCUT2D eigenvalue weighted by molar-refractivity contribution is 0.393. The van der Waals surface area contributed by atoms with E-state index in [0.717, 1.165) is 15.0 Å². The van der Waals surface area contributed by atoms with Crippen LogP contribution in [0.15, 0.2) is 24.3 Å². The van der Waals surface area contributed by atoms with Gasteiger partial charge in [-0.25, -0.2) is 0 Å². The van der Waals surface area contributed by atoms with Crippen molar-refractivity contribution in [2.24, 2.45) is 0 Å². The Balaban J connectivity index is 2.05. The number of aromatic nitrogens is 1. The van der Waals surface area contributed by atoms with Crippen molar-refractivity contribution >= 4 is 28.1 Å². The molecule has 1 N–H and O–H groups in total. The molecule has 1 heterocycles. The second-order valence-electron chi connectivity index (χ2n) is 4.98. The monoisotopic (exact) mass is 325 g/mol. The molecule has 6 heteroatoms. The standard InChI is InChI=1S/C15H20ClN3OS/c1-10(11-6-5-7-12(16)8-11)17-9-13-14(20-4)18-15(21-13)19(2)3/h5-8,10,17H,9H2,1-4H3/t10-/m1/s1. The summed E-state index contributed by atoms with van der Waals surface area (Å²) < 4.78 is 5.34. The summed E-state index contributed by atoms with van der Waals surface area (Å²) in [5.74, 6) is 0.689. The molecule has 0 aliphatic carbocycles. The summed E-state index contributed by atoms with van der Waals surface area (Å²) in [5.41, 5.74) is 1.17. The summed E-state index contributed by atoms with van der Waals surface area (Å²) >= 11 is 7.66. The average Bonchev–Trinajstić information content (AvgIpc) is 2.88. The number of nitrogens with zero attached hydrogens (tertiary/aromatic N) is 2. The van der Waals surface area contributed by atoms with E-state index in [4.69, 9.17) is 16.3 Å². The van der Waals surface area contributed by atoms with Crippen LogP contribution in [0, 0.1) is 0 Å². The smallest absolute Gasteiger partial charge is 0.230 e. The van der Waals surface area contributed by atoms with Gasteiger partial charge in [0, 0.05) is 31.7 Å². The van der Waals surface area contributed by atoms with E-state index in [1.54, 1.807) is 18.4 Å². The summed E-state index contributed by atoms with van der Waals surface area (Å²) in [6.07, 6.45) is 0. The lowest BCUT2D eigenvalue weighted by atomic mass is 10.1. The van der Waals surface area contributed by atoms with Gasteiger partial charge in [-0.1, -0.05) is 35.1 Å². The zero-order valence-electron chi connectivity index (χ0n) is 12.7. The third-order valence-electron chi connectivity index (χ3n) is 3.14. The molecule has 0 unspecified atom stereocenters. The summed E-state index contributed by atoms with van der Waals surface area (Å²) in [6.45, 7) is 2.83. The second kappa shape index (κ2) is 7.11. The van der Waals surface area contributed by atoms with Gasteiger partial charge in [0.25, 0.3) is 0 Å². The first kappa shape index (κ1) is 16.1. The van der Waals surface area contributed by atoms with Gasteiger partial charge in [0.05, 0.1) is 12.0 Å². The Kier molecular flexibility index (Phi) is 5.45. The van der Waals surface area contributed by atoms with Gasteiger partial charge in [0.1, 0.15) is 0 Å². The highest BCUT2D eigenvalue weighted by Crippen LogP contribution is 2.30. The second-order valence-corrected chi connectivity index (χ2v) is 6.48. The first-order valence-electron chi connectivity index (χ1n) is 6.71. The molecule has 2 aromatic rings. The first-order chi connectivity index (χ1) is 10.0. The van der Waals surface area contributed by atoms with Gasteiger partial charge >= 0.3 is 0 Å². The number of methoxy groups -OCH3 is 1. The maximum atomic E-state index is 6.03. The van der Waals surface area contributed by atoms with Crippen LogP contribution in [0.25, 0.3) is 0 Å². The maximum Gasteiger partial charge on any atom is 0.230 e. The van der Waals surface area contributed by atoms with Crippen LogP contribution in [0.4, 0.5) is 5.13 Å². The van der Waals surface area contributed by atoms with Crippen molar-refractivity contribution in [3.63, 3.8) is 0 Å². The van der Waals surface area contributed by atoms with Crippen LogP contribution >= 0.6 is 22.9 Å². The number of thiazole rings is 1. The van der Waals surface area contributed by atoms with Crippen LogP contribution in [-0.2, 0) is 6.54 Å². The molecule has 1 aromatic heterocycles. The van der Waals surface area contributed by atoms with Gasteiger partial charge in [0.15, 0.2) is 5.13 Å². The first-order valence-corrected chi connectivity index (χ1v) is 7.90. The molecular weight excluding hydrogens is 306 g/mol. The Morgan fingerprint density at radius 1 is 1.43 bits per heavy atom.